The first-order valence-electron chi connectivity index (χ1n) is 5.91. The molecule has 0 unspecified atom stereocenters. The van der Waals surface area contributed by atoms with Crippen molar-refractivity contribution in [2.24, 2.45) is 0 Å². The minimum atomic E-state index is 1.11. The van der Waals surface area contributed by atoms with Gasteiger partial charge in [-0.15, -0.1) is 0 Å². The second kappa shape index (κ2) is 3.59. The number of aromatic amines is 1. The summed E-state index contributed by atoms with van der Waals surface area (Å²) in [5.41, 5.74) is 2.38. The van der Waals surface area contributed by atoms with Crippen LogP contribution in [0.15, 0.2) is 59.1 Å². The highest BCUT2D eigenvalue weighted by atomic mass is 79.9. The predicted octanol–water partition coefficient (Wildman–Crippen LogP) is 5.24. The van der Waals surface area contributed by atoms with Crippen LogP contribution in [0.5, 0.6) is 0 Å². The van der Waals surface area contributed by atoms with Crippen LogP contribution in [0.3, 0.4) is 0 Å². The summed E-state index contributed by atoms with van der Waals surface area (Å²) in [5, 5.41) is 5.11. The van der Waals surface area contributed by atoms with Gasteiger partial charge in [0, 0.05) is 26.3 Å². The maximum Gasteiger partial charge on any atom is 0.0471 e. The average Bonchev–Trinajstić information content (AvgIpc) is 2.73. The third-order valence-electron chi connectivity index (χ3n) is 3.43. The molecule has 4 rings (SSSR count). The minimum absolute atomic E-state index is 1.11. The molecule has 86 valence electrons. The Kier molecular flexibility index (Phi) is 2.03. The van der Waals surface area contributed by atoms with Crippen molar-refractivity contribution in [2.75, 3.05) is 0 Å². The van der Waals surface area contributed by atoms with E-state index in [1.807, 2.05) is 0 Å². The first-order valence-corrected chi connectivity index (χ1v) is 6.70. The lowest BCUT2D eigenvalue weighted by Crippen LogP contribution is -1.72. The van der Waals surface area contributed by atoms with Crippen LogP contribution in [-0.2, 0) is 0 Å². The average molecular weight is 296 g/mol. The summed E-state index contributed by atoms with van der Waals surface area (Å²) in [6.07, 6.45) is 0. The zero-order chi connectivity index (χ0) is 12.1. The van der Waals surface area contributed by atoms with Gasteiger partial charge in [0.1, 0.15) is 0 Å². The number of benzene rings is 3. The maximum absolute atomic E-state index is 3.54. The standard InChI is InChI=1S/C16H10BrN/c17-12-5-6-15-14(9-12)13-7-10-3-1-2-4-11(10)8-16(13)18-15/h1-9,18H. The molecule has 0 aliphatic rings. The topological polar surface area (TPSA) is 15.8 Å². The molecule has 0 saturated heterocycles. The van der Waals surface area contributed by atoms with Crippen LogP contribution < -0.4 is 0 Å². The second-order valence-corrected chi connectivity index (χ2v) is 5.48. The van der Waals surface area contributed by atoms with Gasteiger partial charge in [-0.2, -0.15) is 0 Å². The summed E-state index contributed by atoms with van der Waals surface area (Å²) in [6.45, 7) is 0. The lowest BCUT2D eigenvalue weighted by Gasteiger charge is -1.98. The maximum atomic E-state index is 3.54. The molecule has 0 aliphatic heterocycles. The number of fused-ring (bicyclic) bond motifs is 4. The molecule has 0 radical (unpaired) electrons. The minimum Gasteiger partial charge on any atom is -0.354 e. The molecule has 0 amide bonds. The Hall–Kier alpha value is -1.80. The summed E-state index contributed by atoms with van der Waals surface area (Å²) >= 11 is 3.54. The molecule has 3 aromatic carbocycles. The summed E-state index contributed by atoms with van der Waals surface area (Å²) in [6, 6.07) is 19.3. The van der Waals surface area contributed by atoms with Crippen molar-refractivity contribution in [3.63, 3.8) is 0 Å². The van der Waals surface area contributed by atoms with Crippen molar-refractivity contribution < 1.29 is 0 Å². The number of aromatic nitrogens is 1. The molecule has 1 N–H and O–H groups in total. The van der Waals surface area contributed by atoms with E-state index in [9.17, 15) is 0 Å². The predicted molar refractivity (Wildman–Crippen MR) is 81.0 cm³/mol. The van der Waals surface area contributed by atoms with E-state index in [2.05, 4.69) is 75.5 Å². The van der Waals surface area contributed by atoms with Crippen molar-refractivity contribution in [2.45, 2.75) is 0 Å². The SMILES string of the molecule is Brc1ccc2[nH]c3cc4ccccc4cc3c2c1. The highest BCUT2D eigenvalue weighted by Crippen LogP contribution is 2.31. The summed E-state index contributed by atoms with van der Waals surface area (Å²) < 4.78 is 1.11. The molecule has 1 heterocycles. The van der Waals surface area contributed by atoms with E-state index < -0.39 is 0 Å². The molecule has 0 bridgehead atoms. The van der Waals surface area contributed by atoms with E-state index in [0.717, 1.165) is 4.47 Å². The third kappa shape index (κ3) is 1.39. The number of H-pyrrole nitrogens is 1. The fraction of sp³-hybridized carbons (Fsp3) is 0. The molecule has 0 atom stereocenters. The number of rotatable bonds is 0. The van der Waals surface area contributed by atoms with Gasteiger partial charge >= 0.3 is 0 Å². The fourth-order valence-electron chi connectivity index (χ4n) is 2.56. The summed E-state index contributed by atoms with van der Waals surface area (Å²) in [7, 11) is 0. The highest BCUT2D eigenvalue weighted by Gasteiger charge is 2.05. The zero-order valence-corrected chi connectivity index (χ0v) is 11.2. The highest BCUT2D eigenvalue weighted by molar-refractivity contribution is 9.10. The van der Waals surface area contributed by atoms with Crippen LogP contribution in [0.4, 0.5) is 0 Å². The summed E-state index contributed by atoms with van der Waals surface area (Å²) in [4.78, 5) is 3.48. The van der Waals surface area contributed by atoms with Crippen LogP contribution >= 0.6 is 15.9 Å². The quantitative estimate of drug-likeness (QED) is 0.457. The Labute approximate surface area is 113 Å². The van der Waals surface area contributed by atoms with Crippen LogP contribution in [0.25, 0.3) is 32.6 Å². The lowest BCUT2D eigenvalue weighted by atomic mass is 10.1. The van der Waals surface area contributed by atoms with Crippen molar-refractivity contribution in [3.8, 4) is 0 Å². The molecule has 4 aromatic rings. The first-order chi connectivity index (χ1) is 8.81. The smallest absolute Gasteiger partial charge is 0.0471 e. The molecule has 0 aliphatic carbocycles. The molecule has 0 spiro atoms. The number of hydrogen-bond donors (Lipinski definition) is 1. The monoisotopic (exact) mass is 295 g/mol. The number of halogens is 1. The van der Waals surface area contributed by atoms with Gasteiger partial charge in [0.25, 0.3) is 0 Å². The van der Waals surface area contributed by atoms with Gasteiger partial charge in [-0.1, -0.05) is 40.2 Å². The van der Waals surface area contributed by atoms with E-state index in [1.54, 1.807) is 0 Å². The Bertz CT molecular complexity index is 889. The number of hydrogen-bond acceptors (Lipinski definition) is 0. The fourth-order valence-corrected chi connectivity index (χ4v) is 2.92. The third-order valence-corrected chi connectivity index (χ3v) is 3.92. The van der Waals surface area contributed by atoms with Crippen molar-refractivity contribution in [1.82, 2.24) is 4.98 Å². The first kappa shape index (κ1) is 10.2. The molecule has 1 nitrogen and oxygen atoms in total. The molecule has 0 saturated carbocycles. The van der Waals surface area contributed by atoms with Gasteiger partial charge < -0.3 is 4.98 Å². The van der Waals surface area contributed by atoms with E-state index in [-0.39, 0.29) is 0 Å². The number of nitrogens with one attached hydrogen (secondary N) is 1. The lowest BCUT2D eigenvalue weighted by molar-refractivity contribution is 1.55. The van der Waals surface area contributed by atoms with Crippen molar-refractivity contribution in [3.05, 3.63) is 59.1 Å². The van der Waals surface area contributed by atoms with E-state index >= 15 is 0 Å². The van der Waals surface area contributed by atoms with E-state index in [0.29, 0.717) is 0 Å². The Morgan fingerprint density at radius 1 is 0.722 bits per heavy atom. The Morgan fingerprint density at radius 3 is 2.28 bits per heavy atom. The van der Waals surface area contributed by atoms with E-state index in [1.165, 1.54) is 32.6 Å². The Balaban J connectivity index is 2.25. The van der Waals surface area contributed by atoms with Gasteiger partial charge in [-0.3, -0.25) is 0 Å². The molecule has 0 fully saturated rings. The largest absolute Gasteiger partial charge is 0.354 e. The molecular weight excluding hydrogens is 286 g/mol. The van der Waals surface area contributed by atoms with Gasteiger partial charge in [0.15, 0.2) is 0 Å². The Morgan fingerprint density at radius 2 is 1.44 bits per heavy atom. The van der Waals surface area contributed by atoms with Crippen LogP contribution in [0.1, 0.15) is 0 Å². The normalized spacial score (nSPS) is 11.6. The van der Waals surface area contributed by atoms with Gasteiger partial charge in [-0.25, -0.2) is 0 Å². The van der Waals surface area contributed by atoms with Crippen LogP contribution in [-0.4, -0.2) is 4.98 Å². The van der Waals surface area contributed by atoms with Crippen LogP contribution in [0.2, 0.25) is 0 Å². The van der Waals surface area contributed by atoms with Gasteiger partial charge in [0.2, 0.25) is 0 Å². The van der Waals surface area contributed by atoms with Gasteiger partial charge in [0.05, 0.1) is 0 Å². The second-order valence-electron chi connectivity index (χ2n) is 4.56. The molecule has 18 heavy (non-hydrogen) atoms. The molecule has 1 aromatic heterocycles. The van der Waals surface area contributed by atoms with Gasteiger partial charge in [-0.05, 0) is 41.1 Å². The molecular formula is C16H10BrN. The van der Waals surface area contributed by atoms with Crippen LogP contribution in [0, 0.1) is 0 Å². The summed E-state index contributed by atoms with van der Waals surface area (Å²) in [5.74, 6) is 0. The van der Waals surface area contributed by atoms with Crippen molar-refractivity contribution >= 4 is 48.5 Å². The van der Waals surface area contributed by atoms with E-state index in [4.69, 9.17) is 0 Å². The molecule has 2 heteroatoms. The zero-order valence-electron chi connectivity index (χ0n) is 9.57. The van der Waals surface area contributed by atoms with Crippen molar-refractivity contribution in [1.29, 1.82) is 0 Å².